The predicted octanol–water partition coefficient (Wildman–Crippen LogP) is 4.60. The van der Waals surface area contributed by atoms with Gasteiger partial charge in [0.15, 0.2) is 0 Å². The summed E-state index contributed by atoms with van der Waals surface area (Å²) in [4.78, 5) is 26.9. The maximum Gasteiger partial charge on any atom is 0.288 e. The maximum atomic E-state index is 12.4. The van der Waals surface area contributed by atoms with E-state index < -0.39 is 5.76 Å². The lowest BCUT2D eigenvalue weighted by Gasteiger charge is -2.21. The first-order valence-electron chi connectivity index (χ1n) is 9.30. The number of carbonyl (C=O) groups is 2. The molecular weight excluding hydrogens is 396 g/mol. The fourth-order valence-electron chi connectivity index (χ4n) is 2.76. The fraction of sp³-hybridized carbons (Fsp3) is 0.333. The van der Waals surface area contributed by atoms with E-state index in [0.717, 1.165) is 17.7 Å². The van der Waals surface area contributed by atoms with Crippen molar-refractivity contribution in [2.75, 3.05) is 30.3 Å². The van der Waals surface area contributed by atoms with Crippen LogP contribution in [0.3, 0.4) is 0 Å². The van der Waals surface area contributed by atoms with E-state index in [0.29, 0.717) is 28.9 Å². The number of halogens is 2. The third-order valence-electron chi connectivity index (χ3n) is 4.06. The van der Waals surface area contributed by atoms with Gasteiger partial charge in [0.1, 0.15) is 0 Å². The van der Waals surface area contributed by atoms with Gasteiger partial charge in [-0.3, -0.25) is 14.5 Å². The number of carbonyl (C=O) groups excluding carboxylic acids is 2. The monoisotopic (exact) mass is 421 g/mol. The molecule has 0 radical (unpaired) electrons. The number of alkyl halides is 2. The summed E-state index contributed by atoms with van der Waals surface area (Å²) in [5, 5.41) is 5.60. The zero-order valence-electron chi connectivity index (χ0n) is 16.5. The lowest BCUT2D eigenvalue weighted by Crippen LogP contribution is -2.39. The highest BCUT2D eigenvalue weighted by Crippen LogP contribution is 2.26. The van der Waals surface area contributed by atoms with Gasteiger partial charge in [0.25, 0.3) is 5.76 Å². The van der Waals surface area contributed by atoms with Gasteiger partial charge in [-0.05, 0) is 55.8 Å². The zero-order chi connectivity index (χ0) is 21.2. The number of hydrogen-bond acceptors (Lipinski definition) is 4. The van der Waals surface area contributed by atoms with Gasteiger partial charge in [-0.25, -0.2) is 0 Å². The summed E-state index contributed by atoms with van der Waals surface area (Å²) in [6, 6.07) is 13.7. The standard InChI is InChI=1S/C21H25F2N3O2S/c1-3-12-26(14-20(28)25-18-7-5-4-6-15(18)2)13-19(27)24-16-8-10-17(11-9-16)29-21(22)23/h4-11,21H,3,12-14H2,1-2H3,(H,24,27)(H,25,28). The van der Waals surface area contributed by atoms with Gasteiger partial charge < -0.3 is 10.6 Å². The van der Waals surface area contributed by atoms with E-state index in [4.69, 9.17) is 0 Å². The molecule has 156 valence electrons. The van der Waals surface area contributed by atoms with Gasteiger partial charge in [-0.1, -0.05) is 36.9 Å². The number of nitrogens with zero attached hydrogens (tertiary/aromatic N) is 1. The van der Waals surface area contributed by atoms with Crippen LogP contribution in [0, 0.1) is 6.92 Å². The molecule has 0 aliphatic rings. The van der Waals surface area contributed by atoms with Crippen molar-refractivity contribution < 1.29 is 18.4 Å². The van der Waals surface area contributed by atoms with Crippen molar-refractivity contribution >= 4 is 35.0 Å². The van der Waals surface area contributed by atoms with Crippen molar-refractivity contribution in [3.05, 3.63) is 54.1 Å². The first-order valence-corrected chi connectivity index (χ1v) is 10.2. The highest BCUT2D eigenvalue weighted by Gasteiger charge is 2.15. The second kappa shape index (κ2) is 11.5. The SMILES string of the molecule is CCCN(CC(=O)Nc1ccc(SC(F)F)cc1)CC(=O)Nc1ccccc1C. The molecule has 0 spiro atoms. The van der Waals surface area contributed by atoms with Crippen molar-refractivity contribution in [2.24, 2.45) is 0 Å². The summed E-state index contributed by atoms with van der Waals surface area (Å²) in [7, 11) is 0. The Morgan fingerprint density at radius 2 is 1.62 bits per heavy atom. The molecule has 0 aliphatic carbocycles. The van der Waals surface area contributed by atoms with Crippen LogP contribution in [0.15, 0.2) is 53.4 Å². The zero-order valence-corrected chi connectivity index (χ0v) is 17.3. The van der Waals surface area contributed by atoms with Gasteiger partial charge in [-0.2, -0.15) is 8.78 Å². The normalized spacial score (nSPS) is 11.0. The number of para-hydroxylation sites is 1. The molecule has 0 unspecified atom stereocenters. The number of thioether (sulfide) groups is 1. The van der Waals surface area contributed by atoms with Gasteiger partial charge >= 0.3 is 0 Å². The molecule has 2 amide bonds. The van der Waals surface area contributed by atoms with Crippen molar-refractivity contribution in [3.8, 4) is 0 Å². The van der Waals surface area contributed by atoms with Crippen molar-refractivity contribution in [3.63, 3.8) is 0 Å². The van der Waals surface area contributed by atoms with E-state index in [-0.39, 0.29) is 24.9 Å². The van der Waals surface area contributed by atoms with Crippen LogP contribution in [0.2, 0.25) is 0 Å². The molecule has 0 aromatic heterocycles. The average Bonchev–Trinajstić information content (AvgIpc) is 2.65. The smallest absolute Gasteiger partial charge is 0.288 e. The highest BCUT2D eigenvalue weighted by atomic mass is 32.2. The Labute approximate surface area is 173 Å². The van der Waals surface area contributed by atoms with Gasteiger partial charge in [0.05, 0.1) is 13.1 Å². The quantitative estimate of drug-likeness (QED) is 0.551. The minimum Gasteiger partial charge on any atom is -0.325 e. The Morgan fingerprint density at radius 1 is 1.00 bits per heavy atom. The Morgan fingerprint density at radius 3 is 2.21 bits per heavy atom. The molecule has 0 fully saturated rings. The number of benzene rings is 2. The Kier molecular flexibility index (Phi) is 9.08. The second-order valence-corrected chi connectivity index (χ2v) is 7.59. The lowest BCUT2D eigenvalue weighted by molar-refractivity contribution is -0.120. The fourth-order valence-corrected chi connectivity index (χ4v) is 3.26. The highest BCUT2D eigenvalue weighted by molar-refractivity contribution is 7.99. The molecule has 29 heavy (non-hydrogen) atoms. The molecular formula is C21H25F2N3O2S. The van der Waals surface area contributed by atoms with Crippen molar-refractivity contribution in [1.29, 1.82) is 0 Å². The van der Waals surface area contributed by atoms with E-state index in [9.17, 15) is 18.4 Å². The third kappa shape index (κ3) is 8.21. The molecule has 0 saturated heterocycles. The number of nitrogens with one attached hydrogen (secondary N) is 2. The van der Waals surface area contributed by atoms with Crippen LogP contribution in [-0.4, -0.2) is 42.1 Å². The number of anilines is 2. The Balaban J connectivity index is 1.89. The van der Waals surface area contributed by atoms with Crippen LogP contribution in [-0.2, 0) is 9.59 Å². The molecule has 2 rings (SSSR count). The van der Waals surface area contributed by atoms with Crippen molar-refractivity contribution in [1.82, 2.24) is 4.90 Å². The van der Waals surface area contributed by atoms with E-state index in [1.165, 1.54) is 12.1 Å². The lowest BCUT2D eigenvalue weighted by atomic mass is 10.2. The molecule has 0 bridgehead atoms. The second-order valence-electron chi connectivity index (χ2n) is 6.52. The molecule has 0 aliphatic heterocycles. The molecule has 5 nitrogen and oxygen atoms in total. The Hall–Kier alpha value is -2.45. The summed E-state index contributed by atoms with van der Waals surface area (Å²) in [6.07, 6.45) is 0.796. The molecule has 0 atom stereocenters. The maximum absolute atomic E-state index is 12.4. The largest absolute Gasteiger partial charge is 0.325 e. The summed E-state index contributed by atoms with van der Waals surface area (Å²) in [5.41, 5.74) is 2.24. The summed E-state index contributed by atoms with van der Waals surface area (Å²) >= 11 is 0.453. The minimum atomic E-state index is -2.48. The van der Waals surface area contributed by atoms with Crippen molar-refractivity contribution in [2.45, 2.75) is 30.9 Å². The Bertz CT molecular complexity index is 816. The van der Waals surface area contributed by atoms with Crippen LogP contribution in [0.25, 0.3) is 0 Å². The summed E-state index contributed by atoms with van der Waals surface area (Å²) in [6.45, 7) is 4.64. The predicted molar refractivity (Wildman–Crippen MR) is 113 cm³/mol. The van der Waals surface area contributed by atoms with Gasteiger partial charge in [0.2, 0.25) is 11.8 Å². The topological polar surface area (TPSA) is 61.4 Å². The number of hydrogen-bond donors (Lipinski definition) is 2. The minimum absolute atomic E-state index is 0.0581. The van der Waals surface area contributed by atoms with Crippen LogP contribution in [0.5, 0.6) is 0 Å². The molecule has 2 N–H and O–H groups in total. The van der Waals surface area contributed by atoms with Crippen LogP contribution >= 0.6 is 11.8 Å². The van der Waals surface area contributed by atoms with Crippen LogP contribution < -0.4 is 10.6 Å². The molecule has 2 aromatic carbocycles. The molecule has 0 heterocycles. The molecule has 2 aromatic rings. The summed E-state index contributed by atoms with van der Waals surface area (Å²) in [5.74, 6) is -2.94. The van der Waals surface area contributed by atoms with Crippen LogP contribution in [0.1, 0.15) is 18.9 Å². The summed E-state index contributed by atoms with van der Waals surface area (Å²) < 4.78 is 24.7. The first kappa shape index (κ1) is 22.8. The average molecular weight is 422 g/mol. The van der Waals surface area contributed by atoms with E-state index >= 15 is 0 Å². The van der Waals surface area contributed by atoms with Gasteiger partial charge in [0, 0.05) is 16.3 Å². The third-order valence-corrected chi connectivity index (χ3v) is 4.78. The van der Waals surface area contributed by atoms with Gasteiger partial charge in [-0.15, -0.1) is 0 Å². The number of aryl methyl sites for hydroxylation is 1. The molecule has 8 heteroatoms. The van der Waals surface area contributed by atoms with E-state index in [1.807, 2.05) is 38.1 Å². The number of amides is 2. The van der Waals surface area contributed by atoms with E-state index in [1.54, 1.807) is 17.0 Å². The van der Waals surface area contributed by atoms with E-state index in [2.05, 4.69) is 10.6 Å². The van der Waals surface area contributed by atoms with Crippen LogP contribution in [0.4, 0.5) is 20.2 Å². The first-order chi connectivity index (χ1) is 13.9. The molecule has 0 saturated carbocycles. The number of rotatable bonds is 10.